The molecule has 0 radical (unpaired) electrons. The lowest BCUT2D eigenvalue weighted by Crippen LogP contribution is -2.48. The Balaban J connectivity index is 1.38. The van der Waals surface area contributed by atoms with Crippen molar-refractivity contribution in [3.8, 4) is 0 Å². The van der Waals surface area contributed by atoms with Crippen LogP contribution in [0.2, 0.25) is 18.6 Å². The maximum Gasteiger partial charge on any atom is 0.264 e. The molecular formula is C34H42FN3O5Si. The van der Waals surface area contributed by atoms with E-state index in [0.29, 0.717) is 42.9 Å². The van der Waals surface area contributed by atoms with Crippen LogP contribution < -0.4 is 9.80 Å². The fourth-order valence-corrected chi connectivity index (χ4v) is 10.6. The summed E-state index contributed by atoms with van der Waals surface area (Å²) < 4.78 is 23.1. The normalized spacial score (nSPS) is 28.4. The lowest BCUT2D eigenvalue weighted by Gasteiger charge is -2.37. The van der Waals surface area contributed by atoms with Crippen LogP contribution in [0.5, 0.6) is 0 Å². The number of fused-ring (bicyclic) bond motifs is 3. The average molecular weight is 620 g/mol. The number of anilines is 2. The number of benzene rings is 2. The Kier molecular flexibility index (Phi) is 8.05. The van der Waals surface area contributed by atoms with E-state index >= 15 is 4.11 Å². The number of aliphatic hydroxyl groups excluding tert-OH is 1. The molecule has 4 heterocycles. The van der Waals surface area contributed by atoms with Crippen LogP contribution in [0.25, 0.3) is 0 Å². The van der Waals surface area contributed by atoms with Crippen LogP contribution >= 0.6 is 0 Å². The minimum Gasteiger partial charge on any atom is -0.394 e. The highest BCUT2D eigenvalue weighted by Gasteiger charge is 2.67. The van der Waals surface area contributed by atoms with E-state index in [0.717, 1.165) is 24.0 Å². The molecule has 2 aromatic rings. The summed E-state index contributed by atoms with van der Waals surface area (Å²) in [7, 11) is -3.49. The maximum atomic E-state index is 16.3. The Bertz CT molecular complexity index is 1490. The zero-order valence-electron chi connectivity index (χ0n) is 25.8. The fourth-order valence-electron chi connectivity index (χ4n) is 8.12. The molecule has 0 saturated carbocycles. The molecule has 2 aromatic carbocycles. The largest absolute Gasteiger partial charge is 0.394 e. The summed E-state index contributed by atoms with van der Waals surface area (Å²) in [6.45, 7) is 9.98. The minimum atomic E-state index is -3.49. The van der Waals surface area contributed by atoms with Gasteiger partial charge in [0.05, 0.1) is 30.9 Å². The number of carbonyl (C=O) groups excluding carboxylic acids is 3. The van der Waals surface area contributed by atoms with Crippen molar-refractivity contribution in [2.45, 2.75) is 82.0 Å². The Morgan fingerprint density at radius 3 is 2.61 bits per heavy atom. The van der Waals surface area contributed by atoms with Crippen molar-refractivity contribution in [1.82, 2.24) is 4.90 Å². The van der Waals surface area contributed by atoms with E-state index in [1.54, 1.807) is 33.9 Å². The summed E-state index contributed by atoms with van der Waals surface area (Å²) in [6.07, 6.45) is 3.48. The number of hydrogen-bond acceptors (Lipinski definition) is 5. The summed E-state index contributed by atoms with van der Waals surface area (Å²) in [5.41, 5.74) is 1.97. The van der Waals surface area contributed by atoms with Gasteiger partial charge in [-0.3, -0.25) is 14.4 Å². The molecule has 1 spiro atoms. The third-order valence-corrected chi connectivity index (χ3v) is 12.6. The third kappa shape index (κ3) is 4.91. The van der Waals surface area contributed by atoms with Crippen LogP contribution in [0.15, 0.2) is 55.1 Å². The van der Waals surface area contributed by atoms with Crippen molar-refractivity contribution in [3.05, 3.63) is 71.8 Å². The first-order valence-electron chi connectivity index (χ1n) is 15.7. The predicted octanol–water partition coefficient (Wildman–Crippen LogP) is 4.85. The summed E-state index contributed by atoms with van der Waals surface area (Å²) in [5.74, 6) is -1.04. The van der Waals surface area contributed by atoms with E-state index in [9.17, 15) is 19.5 Å². The van der Waals surface area contributed by atoms with Crippen molar-refractivity contribution in [2.75, 3.05) is 29.5 Å². The van der Waals surface area contributed by atoms with Gasteiger partial charge in [0.25, 0.3) is 5.91 Å². The first kappa shape index (κ1) is 30.7. The first-order valence-corrected chi connectivity index (χ1v) is 18.7. The third-order valence-electron chi connectivity index (χ3n) is 10.2. The van der Waals surface area contributed by atoms with Crippen LogP contribution in [0.4, 0.5) is 15.5 Å². The molecule has 44 heavy (non-hydrogen) atoms. The second kappa shape index (κ2) is 11.5. The molecule has 0 aliphatic carbocycles. The fraction of sp³-hybridized carbons (Fsp3) is 0.500. The number of halogens is 1. The van der Waals surface area contributed by atoms with Gasteiger partial charge in [0.2, 0.25) is 20.2 Å². The second-order valence-electron chi connectivity index (χ2n) is 13.2. The zero-order valence-corrected chi connectivity index (χ0v) is 26.8. The molecule has 5 atom stereocenters. The van der Waals surface area contributed by atoms with E-state index < -0.39 is 31.6 Å². The van der Waals surface area contributed by atoms with Gasteiger partial charge in [-0.25, -0.2) is 0 Å². The summed E-state index contributed by atoms with van der Waals surface area (Å²) in [5, 5.41) is 10.2. The van der Waals surface area contributed by atoms with Crippen LogP contribution in [0.1, 0.15) is 49.3 Å². The van der Waals surface area contributed by atoms with Crippen LogP contribution in [0, 0.1) is 5.92 Å². The van der Waals surface area contributed by atoms with Gasteiger partial charge in [-0.05, 0) is 61.7 Å². The zero-order chi connectivity index (χ0) is 31.4. The Hall–Kier alpha value is -3.34. The number of aliphatic hydroxyl groups is 1. The first-order chi connectivity index (χ1) is 21.0. The monoisotopic (exact) mass is 619 g/mol. The highest BCUT2D eigenvalue weighted by molar-refractivity contribution is 6.72. The number of ether oxygens (including phenoxy) is 1. The lowest BCUT2D eigenvalue weighted by molar-refractivity contribution is -0.150. The SMILES string of the molecule is C=CCN1C(=O)[C@]2(O[C@H](CC(=O)N3Cc4ccccc4C[C@H]3CO)[C@@H]([Si](C)(C)F)[C@@H]2C)c2cc(N3CCCCC3=O)ccc21. The standard InChI is InChI=1S/C34H42FN3O5Si/c1-5-15-37-28-14-13-25(36-16-9-8-12-30(36)40)18-27(28)34(33(37)42)22(2)32(44(3,4)35)29(43-34)19-31(41)38-20-24-11-7-6-10-23(24)17-26(38)21-39/h5-7,10-11,13-14,18,22,26,29,32,39H,1,8-9,12,15-17,19-21H2,2-4H3/t22-,26-,29+,32-,34+/m0/s1. The second-order valence-corrected chi connectivity index (χ2v) is 17.0. The van der Waals surface area contributed by atoms with Gasteiger partial charge in [-0.1, -0.05) is 37.3 Å². The maximum absolute atomic E-state index is 16.3. The highest BCUT2D eigenvalue weighted by Crippen LogP contribution is 2.60. The molecule has 0 bridgehead atoms. The van der Waals surface area contributed by atoms with Gasteiger partial charge in [0.1, 0.15) is 0 Å². The summed E-state index contributed by atoms with van der Waals surface area (Å²) in [4.78, 5) is 46.3. The smallest absolute Gasteiger partial charge is 0.264 e. The number of amides is 3. The number of piperidine rings is 1. The Morgan fingerprint density at radius 1 is 1.18 bits per heavy atom. The van der Waals surface area contributed by atoms with E-state index in [2.05, 4.69) is 6.58 Å². The van der Waals surface area contributed by atoms with Gasteiger partial charge >= 0.3 is 0 Å². The molecule has 4 aliphatic rings. The van der Waals surface area contributed by atoms with E-state index in [1.807, 2.05) is 49.4 Å². The van der Waals surface area contributed by atoms with E-state index in [4.69, 9.17) is 4.74 Å². The van der Waals surface area contributed by atoms with Gasteiger partial charge < -0.3 is 28.7 Å². The number of nitrogens with zero attached hydrogens (tertiary/aromatic N) is 3. The van der Waals surface area contributed by atoms with Crippen molar-refractivity contribution in [2.24, 2.45) is 5.92 Å². The summed E-state index contributed by atoms with van der Waals surface area (Å²) in [6, 6.07) is 13.1. The topological polar surface area (TPSA) is 90.4 Å². The average Bonchev–Trinajstić information content (AvgIpc) is 3.42. The molecule has 0 unspecified atom stereocenters. The van der Waals surface area contributed by atoms with Gasteiger partial charge in [0.15, 0.2) is 5.60 Å². The van der Waals surface area contributed by atoms with Crippen LogP contribution in [-0.2, 0) is 37.7 Å². The van der Waals surface area contributed by atoms with Crippen molar-refractivity contribution < 1.29 is 28.3 Å². The molecule has 2 saturated heterocycles. The number of carbonyl (C=O) groups is 3. The van der Waals surface area contributed by atoms with Crippen molar-refractivity contribution in [3.63, 3.8) is 0 Å². The van der Waals surface area contributed by atoms with Crippen molar-refractivity contribution >= 4 is 37.5 Å². The number of hydrogen-bond donors (Lipinski definition) is 1. The number of rotatable bonds is 7. The van der Waals surface area contributed by atoms with Gasteiger partial charge in [-0.15, -0.1) is 6.58 Å². The molecule has 4 aliphatic heterocycles. The molecule has 0 aromatic heterocycles. The van der Waals surface area contributed by atoms with E-state index in [1.165, 1.54) is 0 Å². The van der Waals surface area contributed by atoms with Crippen LogP contribution in [0.3, 0.4) is 0 Å². The highest BCUT2D eigenvalue weighted by atomic mass is 28.4. The Morgan fingerprint density at radius 2 is 1.93 bits per heavy atom. The van der Waals surface area contributed by atoms with Gasteiger partial charge in [-0.2, -0.15) is 0 Å². The molecule has 1 N–H and O–H groups in total. The molecule has 10 heteroatoms. The molecule has 2 fully saturated rings. The Labute approximate surface area is 259 Å². The quantitative estimate of drug-likeness (QED) is 0.272. The van der Waals surface area contributed by atoms with Crippen molar-refractivity contribution in [1.29, 1.82) is 0 Å². The van der Waals surface area contributed by atoms with Crippen LogP contribution in [-0.4, -0.2) is 68.0 Å². The molecular weight excluding hydrogens is 577 g/mol. The molecule has 6 rings (SSSR count). The minimum absolute atomic E-state index is 0.0399. The predicted molar refractivity (Wildman–Crippen MR) is 169 cm³/mol. The summed E-state index contributed by atoms with van der Waals surface area (Å²) >= 11 is 0. The molecule has 8 nitrogen and oxygen atoms in total. The lowest BCUT2D eigenvalue weighted by atomic mass is 9.82. The van der Waals surface area contributed by atoms with E-state index in [-0.39, 0.29) is 43.3 Å². The molecule has 234 valence electrons. The molecule has 3 amide bonds. The van der Waals surface area contributed by atoms with Gasteiger partial charge in [0, 0.05) is 48.8 Å².